The molecule has 4 heteroatoms. The number of nitrogens with zero attached hydrogens (tertiary/aromatic N) is 2. The van der Waals surface area contributed by atoms with Gasteiger partial charge in [-0.3, -0.25) is 0 Å². The Labute approximate surface area is 67.2 Å². The molecule has 0 saturated heterocycles. The minimum Gasteiger partial charge on any atom is -0.335 e. The fourth-order valence-electron chi connectivity index (χ4n) is 1.37. The van der Waals surface area contributed by atoms with E-state index in [-0.39, 0.29) is 0 Å². The maximum Gasteiger partial charge on any atom is 0.213 e. The Balaban J connectivity index is 2.68. The van der Waals surface area contributed by atoms with Crippen molar-refractivity contribution in [3.8, 4) is 0 Å². The Morgan fingerprint density at radius 1 is 1.25 bits per heavy atom. The Kier molecular flexibility index (Phi) is 0.889. The standard InChI is InChI=1S/C8H5N3O/c1-2-4-6-5(3-1)7-8(9-6)10-11-12-7/h1-4,9H. The minimum absolute atomic E-state index is 0.705. The van der Waals surface area contributed by atoms with Crippen LogP contribution in [-0.2, 0) is 0 Å². The number of fused-ring (bicyclic) bond motifs is 3. The number of benzene rings is 1. The number of rotatable bonds is 0. The quantitative estimate of drug-likeness (QED) is 0.543. The summed E-state index contributed by atoms with van der Waals surface area (Å²) >= 11 is 0. The van der Waals surface area contributed by atoms with Gasteiger partial charge in [-0.15, -0.1) is 0 Å². The third-order valence-electron chi connectivity index (χ3n) is 1.91. The summed E-state index contributed by atoms with van der Waals surface area (Å²) < 4.78 is 4.98. The molecule has 0 aliphatic rings. The molecular weight excluding hydrogens is 154 g/mol. The van der Waals surface area contributed by atoms with Crippen molar-refractivity contribution in [2.75, 3.05) is 0 Å². The molecular formula is C8H5N3O. The van der Waals surface area contributed by atoms with E-state index in [2.05, 4.69) is 15.4 Å². The Bertz CT molecular complexity index is 536. The third kappa shape index (κ3) is 0.567. The molecule has 0 atom stereocenters. The van der Waals surface area contributed by atoms with Crippen LogP contribution in [0.15, 0.2) is 28.8 Å². The summed E-state index contributed by atoms with van der Waals surface area (Å²) in [4.78, 5) is 3.09. The largest absolute Gasteiger partial charge is 0.335 e. The summed E-state index contributed by atoms with van der Waals surface area (Å²) in [6, 6.07) is 7.87. The summed E-state index contributed by atoms with van der Waals surface area (Å²) in [5.41, 5.74) is 2.46. The third-order valence-corrected chi connectivity index (χ3v) is 1.91. The predicted octanol–water partition coefficient (Wildman–Crippen LogP) is 1.70. The minimum atomic E-state index is 0.705. The number of H-pyrrole nitrogens is 1. The van der Waals surface area contributed by atoms with Gasteiger partial charge in [-0.05, 0) is 12.1 Å². The van der Waals surface area contributed by atoms with Crippen LogP contribution in [0.4, 0.5) is 0 Å². The molecule has 12 heavy (non-hydrogen) atoms. The molecule has 0 amide bonds. The second kappa shape index (κ2) is 1.85. The smallest absolute Gasteiger partial charge is 0.213 e. The van der Waals surface area contributed by atoms with Crippen molar-refractivity contribution in [1.29, 1.82) is 0 Å². The van der Waals surface area contributed by atoms with Crippen molar-refractivity contribution in [3.05, 3.63) is 24.3 Å². The van der Waals surface area contributed by atoms with Crippen LogP contribution in [0.3, 0.4) is 0 Å². The van der Waals surface area contributed by atoms with Crippen LogP contribution in [0.25, 0.3) is 22.1 Å². The van der Waals surface area contributed by atoms with E-state index in [0.717, 1.165) is 16.5 Å². The molecule has 0 aliphatic heterocycles. The van der Waals surface area contributed by atoms with E-state index >= 15 is 0 Å². The van der Waals surface area contributed by atoms with Gasteiger partial charge in [0.05, 0.1) is 5.52 Å². The first kappa shape index (κ1) is 5.77. The maximum atomic E-state index is 4.98. The van der Waals surface area contributed by atoms with E-state index in [4.69, 9.17) is 4.52 Å². The summed E-state index contributed by atoms with van der Waals surface area (Å²) in [5, 5.41) is 8.26. The van der Waals surface area contributed by atoms with Crippen LogP contribution in [0, 0.1) is 0 Å². The lowest BCUT2D eigenvalue weighted by atomic mass is 10.2. The average Bonchev–Trinajstić information content (AvgIpc) is 2.62. The molecule has 0 spiro atoms. The molecule has 0 saturated carbocycles. The van der Waals surface area contributed by atoms with Gasteiger partial charge in [-0.2, -0.15) is 0 Å². The molecule has 2 aromatic heterocycles. The molecule has 0 unspecified atom stereocenters. The SMILES string of the molecule is c1ccc2c(c1)[nH]c1nnoc12. The van der Waals surface area contributed by atoms with Crippen LogP contribution < -0.4 is 0 Å². The van der Waals surface area contributed by atoms with Gasteiger partial charge in [0.1, 0.15) is 0 Å². The van der Waals surface area contributed by atoms with Crippen molar-refractivity contribution in [3.63, 3.8) is 0 Å². The van der Waals surface area contributed by atoms with Crippen LogP contribution in [-0.4, -0.2) is 15.4 Å². The second-order valence-corrected chi connectivity index (χ2v) is 2.62. The highest BCUT2D eigenvalue weighted by Gasteiger charge is 2.07. The molecule has 58 valence electrons. The summed E-state index contributed by atoms with van der Waals surface area (Å²) in [7, 11) is 0. The normalized spacial score (nSPS) is 11.3. The van der Waals surface area contributed by atoms with Gasteiger partial charge in [0, 0.05) is 10.7 Å². The number of aromatic nitrogens is 3. The topological polar surface area (TPSA) is 54.7 Å². The second-order valence-electron chi connectivity index (χ2n) is 2.62. The molecule has 1 aromatic carbocycles. The van der Waals surface area contributed by atoms with Gasteiger partial charge in [0.15, 0.2) is 0 Å². The van der Waals surface area contributed by atoms with Gasteiger partial charge in [0.2, 0.25) is 11.2 Å². The molecule has 0 bridgehead atoms. The molecule has 0 aliphatic carbocycles. The van der Waals surface area contributed by atoms with Crippen molar-refractivity contribution < 1.29 is 4.52 Å². The van der Waals surface area contributed by atoms with E-state index in [1.54, 1.807) is 0 Å². The number of hydrogen-bond donors (Lipinski definition) is 1. The zero-order valence-electron chi connectivity index (χ0n) is 6.11. The Hall–Kier alpha value is -1.84. The fraction of sp³-hybridized carbons (Fsp3) is 0. The zero-order valence-corrected chi connectivity index (χ0v) is 6.11. The van der Waals surface area contributed by atoms with Gasteiger partial charge in [-0.25, -0.2) is 0 Å². The molecule has 1 N–H and O–H groups in total. The molecule has 0 fully saturated rings. The highest BCUT2D eigenvalue weighted by atomic mass is 16.5. The van der Waals surface area contributed by atoms with Crippen molar-refractivity contribution in [2.24, 2.45) is 0 Å². The van der Waals surface area contributed by atoms with Crippen molar-refractivity contribution >= 4 is 22.1 Å². The first-order valence-electron chi connectivity index (χ1n) is 3.64. The Morgan fingerprint density at radius 2 is 2.17 bits per heavy atom. The van der Waals surface area contributed by atoms with Crippen molar-refractivity contribution in [2.45, 2.75) is 0 Å². The number of nitrogens with one attached hydrogen (secondary N) is 1. The van der Waals surface area contributed by atoms with E-state index < -0.39 is 0 Å². The lowest BCUT2D eigenvalue weighted by Crippen LogP contribution is -1.68. The summed E-state index contributed by atoms with van der Waals surface area (Å²) in [6.45, 7) is 0. The fourth-order valence-corrected chi connectivity index (χ4v) is 1.37. The maximum absolute atomic E-state index is 4.98. The van der Waals surface area contributed by atoms with Crippen LogP contribution in [0.2, 0.25) is 0 Å². The Morgan fingerprint density at radius 3 is 3.17 bits per heavy atom. The van der Waals surface area contributed by atoms with Crippen LogP contribution >= 0.6 is 0 Å². The number of hydrogen-bond acceptors (Lipinski definition) is 3. The van der Waals surface area contributed by atoms with Gasteiger partial charge >= 0.3 is 0 Å². The molecule has 2 heterocycles. The van der Waals surface area contributed by atoms with E-state index in [0.29, 0.717) is 5.65 Å². The summed E-state index contributed by atoms with van der Waals surface area (Å²) in [6.07, 6.45) is 0. The molecule has 3 aromatic rings. The number of aromatic amines is 1. The van der Waals surface area contributed by atoms with E-state index in [1.807, 2.05) is 24.3 Å². The predicted molar refractivity (Wildman–Crippen MR) is 43.7 cm³/mol. The van der Waals surface area contributed by atoms with Gasteiger partial charge in [-0.1, -0.05) is 17.2 Å². The molecule has 3 rings (SSSR count). The lowest BCUT2D eigenvalue weighted by molar-refractivity contribution is 0.425. The van der Waals surface area contributed by atoms with E-state index in [1.165, 1.54) is 0 Å². The zero-order chi connectivity index (χ0) is 7.97. The van der Waals surface area contributed by atoms with Gasteiger partial charge in [0.25, 0.3) is 0 Å². The first-order valence-corrected chi connectivity index (χ1v) is 3.64. The van der Waals surface area contributed by atoms with Crippen LogP contribution in [0.5, 0.6) is 0 Å². The average molecular weight is 159 g/mol. The summed E-state index contributed by atoms with van der Waals surface area (Å²) in [5.74, 6) is 0. The molecule has 0 radical (unpaired) electrons. The monoisotopic (exact) mass is 159 g/mol. The molecule has 4 nitrogen and oxygen atoms in total. The lowest BCUT2D eigenvalue weighted by Gasteiger charge is -1.83. The highest BCUT2D eigenvalue weighted by molar-refractivity contribution is 6.01. The van der Waals surface area contributed by atoms with E-state index in [9.17, 15) is 0 Å². The van der Waals surface area contributed by atoms with Gasteiger partial charge < -0.3 is 9.51 Å². The first-order chi connectivity index (χ1) is 5.95. The van der Waals surface area contributed by atoms with Crippen LogP contribution in [0.1, 0.15) is 0 Å². The highest BCUT2D eigenvalue weighted by Crippen LogP contribution is 2.22. The number of para-hydroxylation sites is 1. The van der Waals surface area contributed by atoms with Crippen molar-refractivity contribution in [1.82, 2.24) is 15.4 Å².